The number of hydrogen-bond donors (Lipinski definition) is 1. The van der Waals surface area contributed by atoms with E-state index in [4.69, 9.17) is 4.55 Å². The Bertz CT molecular complexity index is 694. The average molecular weight is 362 g/mol. The van der Waals surface area contributed by atoms with E-state index >= 15 is 0 Å². The molecule has 0 spiro atoms. The highest BCUT2D eigenvalue weighted by Crippen LogP contribution is 2.26. The van der Waals surface area contributed by atoms with Crippen LogP contribution in [0.25, 0.3) is 0 Å². The second-order valence-electron chi connectivity index (χ2n) is 3.63. The monoisotopic (exact) mass is 362 g/mol. The SMILES string of the molecule is CN(C)S(=O)(=O)N=S(=O)(N=S(=O)(O)C(F)(F)F)N(C)C. The van der Waals surface area contributed by atoms with E-state index in [0.29, 0.717) is 8.61 Å². The zero-order valence-electron chi connectivity index (χ0n) is 10.7. The van der Waals surface area contributed by atoms with E-state index in [-0.39, 0.29) is 0 Å². The van der Waals surface area contributed by atoms with Gasteiger partial charge in [-0.05, 0) is 0 Å². The third-order valence-electron chi connectivity index (χ3n) is 1.63. The van der Waals surface area contributed by atoms with Crippen LogP contribution in [0.5, 0.6) is 0 Å². The standard InChI is InChI=1S/C5H13F3N4O5S3/c1-11(2)19(15,10-20(16,17)12(3)4)9-18(13,14)5(6,7)8/h1-4H3,(H,9,10,13,14,15). The topological polar surface area (TPSA) is 120 Å². The summed E-state index contributed by atoms with van der Waals surface area (Å²) in [6.45, 7) is 0. The summed E-state index contributed by atoms with van der Waals surface area (Å²) in [5.41, 5.74) is -5.71. The molecule has 0 aromatic carbocycles. The summed E-state index contributed by atoms with van der Waals surface area (Å²) in [5, 5.41) is 0. The molecule has 0 amide bonds. The normalized spacial score (nSPS) is 19.5. The molecular weight excluding hydrogens is 349 g/mol. The minimum atomic E-state index is -5.92. The predicted molar refractivity (Wildman–Crippen MR) is 66.1 cm³/mol. The highest BCUT2D eigenvalue weighted by molar-refractivity contribution is 8.05. The molecule has 0 fully saturated rings. The van der Waals surface area contributed by atoms with E-state index in [1.807, 2.05) is 0 Å². The Balaban J connectivity index is 6.51. The van der Waals surface area contributed by atoms with Gasteiger partial charge in [-0.25, -0.2) is 12.7 Å². The molecule has 0 aromatic heterocycles. The maximum Gasteiger partial charge on any atom is 0.504 e. The molecule has 0 aliphatic carbocycles. The van der Waals surface area contributed by atoms with Gasteiger partial charge in [0, 0.05) is 28.2 Å². The molecule has 2 atom stereocenters. The Morgan fingerprint density at radius 3 is 1.55 bits per heavy atom. The largest absolute Gasteiger partial charge is 0.504 e. The van der Waals surface area contributed by atoms with Crippen molar-refractivity contribution in [3.63, 3.8) is 0 Å². The van der Waals surface area contributed by atoms with Crippen molar-refractivity contribution in [3.05, 3.63) is 0 Å². The number of hydrogen-bond acceptors (Lipinski definition) is 4. The van der Waals surface area contributed by atoms with Gasteiger partial charge in [-0.3, -0.25) is 4.55 Å². The van der Waals surface area contributed by atoms with Gasteiger partial charge in [0.15, 0.2) is 0 Å². The third kappa shape index (κ3) is 4.52. The minimum absolute atomic E-state index is 0.398. The number of rotatable bonds is 4. The molecule has 122 valence electrons. The molecule has 0 saturated heterocycles. The second kappa shape index (κ2) is 5.72. The van der Waals surface area contributed by atoms with Gasteiger partial charge in [0.1, 0.15) is 0 Å². The molecule has 20 heavy (non-hydrogen) atoms. The van der Waals surface area contributed by atoms with E-state index < -0.39 is 35.8 Å². The van der Waals surface area contributed by atoms with Crippen LogP contribution in [0.4, 0.5) is 13.2 Å². The fourth-order valence-corrected chi connectivity index (χ4v) is 4.84. The molecule has 1 N–H and O–H groups in total. The van der Waals surface area contributed by atoms with Crippen LogP contribution in [0.1, 0.15) is 0 Å². The summed E-state index contributed by atoms with van der Waals surface area (Å²) >= 11 is 0. The highest BCUT2D eigenvalue weighted by Gasteiger charge is 2.44. The van der Waals surface area contributed by atoms with Crippen LogP contribution in [0.2, 0.25) is 0 Å². The van der Waals surface area contributed by atoms with Crippen molar-refractivity contribution in [2.75, 3.05) is 28.2 Å². The van der Waals surface area contributed by atoms with E-state index in [0.717, 1.165) is 28.2 Å². The van der Waals surface area contributed by atoms with Crippen LogP contribution in [-0.4, -0.2) is 63.7 Å². The van der Waals surface area contributed by atoms with Gasteiger partial charge in [-0.1, -0.05) is 7.54 Å². The van der Waals surface area contributed by atoms with Crippen LogP contribution >= 0.6 is 0 Å². The maximum atomic E-state index is 12.3. The summed E-state index contributed by atoms with van der Waals surface area (Å²) in [4.78, 5) is 0. The van der Waals surface area contributed by atoms with Crippen LogP contribution in [-0.2, 0) is 30.3 Å². The Kier molecular flexibility index (Phi) is 5.58. The fourth-order valence-electron chi connectivity index (χ4n) is 0.510. The van der Waals surface area contributed by atoms with Gasteiger partial charge in [0.25, 0.3) is 10.0 Å². The highest BCUT2D eigenvalue weighted by atomic mass is 32.3. The first-order valence-corrected chi connectivity index (χ1v) is 8.80. The van der Waals surface area contributed by atoms with Crippen LogP contribution in [0.15, 0.2) is 7.54 Å². The zero-order chi connectivity index (χ0) is 16.6. The van der Waals surface area contributed by atoms with Crippen molar-refractivity contribution in [1.29, 1.82) is 0 Å². The Morgan fingerprint density at radius 1 is 0.900 bits per heavy atom. The lowest BCUT2D eigenvalue weighted by molar-refractivity contribution is -0.0467. The lowest BCUT2D eigenvalue weighted by Gasteiger charge is -2.15. The Hall–Kier alpha value is -0.480. The summed E-state index contributed by atoms with van der Waals surface area (Å²) in [5.74, 6) is 0. The van der Waals surface area contributed by atoms with Gasteiger partial charge in [0.05, 0.1) is 0 Å². The van der Waals surface area contributed by atoms with E-state index in [9.17, 15) is 30.0 Å². The molecule has 9 nitrogen and oxygen atoms in total. The fraction of sp³-hybridized carbons (Fsp3) is 1.00. The van der Waals surface area contributed by atoms with Gasteiger partial charge >= 0.3 is 15.7 Å². The van der Waals surface area contributed by atoms with Crippen LogP contribution < -0.4 is 0 Å². The maximum absolute atomic E-state index is 12.3. The van der Waals surface area contributed by atoms with Crippen molar-refractivity contribution in [1.82, 2.24) is 8.61 Å². The first kappa shape index (κ1) is 19.5. The van der Waals surface area contributed by atoms with Crippen LogP contribution in [0.3, 0.4) is 0 Å². The number of alkyl halides is 3. The third-order valence-corrected chi connectivity index (χ3v) is 7.22. The molecule has 15 heteroatoms. The summed E-state index contributed by atoms with van der Waals surface area (Å²) < 4.78 is 97.1. The smallest absolute Gasteiger partial charge is 0.293 e. The van der Waals surface area contributed by atoms with E-state index in [2.05, 4.69) is 7.54 Å². The average Bonchev–Trinajstić information content (AvgIpc) is 2.12. The molecule has 0 saturated carbocycles. The second-order valence-corrected chi connectivity index (χ2v) is 9.57. The minimum Gasteiger partial charge on any atom is -0.293 e. The van der Waals surface area contributed by atoms with Gasteiger partial charge in [-0.15, -0.1) is 0 Å². The summed E-state index contributed by atoms with van der Waals surface area (Å²) in [6.07, 6.45) is 0. The number of halogens is 3. The van der Waals surface area contributed by atoms with E-state index in [1.165, 1.54) is 0 Å². The molecule has 2 unspecified atom stereocenters. The molecule has 0 radical (unpaired) electrons. The lowest BCUT2D eigenvalue weighted by atomic mass is 11.3. The van der Waals surface area contributed by atoms with Crippen molar-refractivity contribution >= 4 is 30.3 Å². The molecule has 0 bridgehead atoms. The molecule has 0 heterocycles. The predicted octanol–water partition coefficient (Wildman–Crippen LogP) is 0.113. The zero-order valence-corrected chi connectivity index (χ0v) is 13.2. The quantitative estimate of drug-likeness (QED) is 0.761. The van der Waals surface area contributed by atoms with E-state index in [1.54, 1.807) is 0 Å². The van der Waals surface area contributed by atoms with Crippen molar-refractivity contribution in [2.45, 2.75) is 5.51 Å². The molecule has 0 aliphatic heterocycles. The Labute approximate surface area is 115 Å². The summed E-state index contributed by atoms with van der Waals surface area (Å²) in [7, 11) is -11.4. The molecular formula is C5H13F3N4O5S3. The van der Waals surface area contributed by atoms with Crippen LogP contribution in [0, 0.1) is 0 Å². The first-order valence-electron chi connectivity index (χ1n) is 4.50. The summed E-state index contributed by atoms with van der Waals surface area (Å²) in [6, 6.07) is 0. The molecule has 0 aromatic rings. The first-order chi connectivity index (χ1) is 8.55. The van der Waals surface area contributed by atoms with Crippen molar-refractivity contribution in [3.8, 4) is 0 Å². The van der Waals surface area contributed by atoms with Crippen molar-refractivity contribution in [2.24, 2.45) is 7.54 Å². The number of nitrogens with zero attached hydrogens (tertiary/aromatic N) is 4. The molecule has 0 rings (SSSR count). The van der Waals surface area contributed by atoms with Gasteiger partial charge in [0.2, 0.25) is 10.1 Å². The van der Waals surface area contributed by atoms with Crippen molar-refractivity contribution < 1.29 is 34.6 Å². The molecule has 0 aliphatic rings. The van der Waals surface area contributed by atoms with Gasteiger partial charge in [-0.2, -0.15) is 25.9 Å². The Morgan fingerprint density at radius 2 is 1.30 bits per heavy atom. The lowest BCUT2D eigenvalue weighted by Crippen LogP contribution is -2.29. The van der Waals surface area contributed by atoms with Gasteiger partial charge < -0.3 is 0 Å².